The standard InChI is InChI=1S/C44H26O2/c1-2-10-27(11-3-1)28-18-20-29(21-19-28)41-31-12-4-6-14-33(31)42(34-15-7-5-13-32(34)41)30-22-23-36-40(26-30)46-39-25-24-38-43(44(36)39)35-16-8-9-17-37(35)45-38/h1-26H/i1D,2D,3D,4D,5D,6D,7D,10D,11D,12D,13D,14D,15D,18D,19D,20D,21D. The lowest BCUT2D eigenvalue weighted by molar-refractivity contribution is 0.663. The van der Waals surface area contributed by atoms with Crippen molar-refractivity contribution in [1.29, 1.82) is 0 Å². The van der Waals surface area contributed by atoms with E-state index >= 15 is 0 Å². The minimum atomic E-state index is -0.869. The van der Waals surface area contributed by atoms with Crippen molar-refractivity contribution in [1.82, 2.24) is 0 Å². The Bertz CT molecular complexity index is 3640. The summed E-state index contributed by atoms with van der Waals surface area (Å²) in [4.78, 5) is 0. The third-order valence-electron chi connectivity index (χ3n) is 8.26. The van der Waals surface area contributed by atoms with Crippen LogP contribution in [0.25, 0.3) is 98.8 Å². The number of para-hydroxylation sites is 1. The normalized spacial score (nSPS) is 17.1. The van der Waals surface area contributed by atoms with Gasteiger partial charge in [-0.25, -0.2) is 0 Å². The van der Waals surface area contributed by atoms with Gasteiger partial charge in [-0.15, -0.1) is 0 Å². The molecule has 0 saturated heterocycles. The average Bonchev–Trinajstić information content (AvgIpc) is 3.85. The predicted molar refractivity (Wildman–Crippen MR) is 192 cm³/mol. The first-order valence-corrected chi connectivity index (χ1v) is 14.3. The number of fused-ring (bicyclic) bond motifs is 9. The van der Waals surface area contributed by atoms with Crippen molar-refractivity contribution in [2.75, 3.05) is 0 Å². The van der Waals surface area contributed by atoms with Crippen molar-refractivity contribution in [2.24, 2.45) is 0 Å². The maximum absolute atomic E-state index is 9.35. The van der Waals surface area contributed by atoms with E-state index in [4.69, 9.17) is 23.9 Å². The molecule has 0 aliphatic rings. The van der Waals surface area contributed by atoms with E-state index in [0.717, 1.165) is 16.2 Å². The molecule has 10 rings (SSSR count). The van der Waals surface area contributed by atoms with E-state index in [-0.39, 0.29) is 32.7 Å². The summed E-state index contributed by atoms with van der Waals surface area (Å²) in [6.07, 6.45) is 0. The Hall–Kier alpha value is -6.12. The lowest BCUT2D eigenvalue weighted by atomic mass is 9.85. The molecule has 0 fully saturated rings. The van der Waals surface area contributed by atoms with Gasteiger partial charge in [0.1, 0.15) is 22.3 Å². The van der Waals surface area contributed by atoms with Gasteiger partial charge in [-0.1, -0.05) is 127 Å². The van der Waals surface area contributed by atoms with Gasteiger partial charge in [0.05, 0.1) is 23.3 Å². The van der Waals surface area contributed by atoms with Gasteiger partial charge >= 0.3 is 0 Å². The largest absolute Gasteiger partial charge is 0.456 e. The van der Waals surface area contributed by atoms with Gasteiger partial charge in [-0.05, 0) is 85.3 Å². The second-order valence-electron chi connectivity index (χ2n) is 10.7. The van der Waals surface area contributed by atoms with E-state index in [1.54, 1.807) is 30.3 Å². The lowest BCUT2D eigenvalue weighted by Gasteiger charge is -2.18. The van der Waals surface area contributed by atoms with Crippen LogP contribution in [0.4, 0.5) is 0 Å². The predicted octanol–water partition coefficient (Wildman–Crippen LogP) is 12.8. The van der Waals surface area contributed by atoms with Gasteiger partial charge in [0, 0.05) is 21.5 Å². The molecule has 0 bridgehead atoms. The highest BCUT2D eigenvalue weighted by atomic mass is 16.3. The van der Waals surface area contributed by atoms with Gasteiger partial charge in [-0.3, -0.25) is 0 Å². The van der Waals surface area contributed by atoms with Crippen molar-refractivity contribution in [2.45, 2.75) is 0 Å². The molecule has 46 heavy (non-hydrogen) atoms. The van der Waals surface area contributed by atoms with E-state index in [1.165, 1.54) is 0 Å². The summed E-state index contributed by atoms with van der Waals surface area (Å²) in [5.74, 6) is 0. The van der Waals surface area contributed by atoms with E-state index in [2.05, 4.69) is 0 Å². The molecule has 2 aromatic heterocycles. The molecule has 0 radical (unpaired) electrons. The Morgan fingerprint density at radius 1 is 0.348 bits per heavy atom. The molecule has 0 aliphatic carbocycles. The first-order chi connectivity index (χ1) is 29.9. The zero-order valence-corrected chi connectivity index (χ0v) is 23.5. The van der Waals surface area contributed by atoms with Crippen molar-refractivity contribution < 1.29 is 32.1 Å². The van der Waals surface area contributed by atoms with Gasteiger partial charge in [0.2, 0.25) is 0 Å². The molecule has 0 N–H and O–H groups in total. The molecule has 0 spiro atoms. The number of furan rings is 2. The molecule has 0 unspecified atom stereocenters. The van der Waals surface area contributed by atoms with E-state index in [0.29, 0.717) is 27.7 Å². The Morgan fingerprint density at radius 2 is 0.848 bits per heavy atom. The Morgan fingerprint density at radius 3 is 1.50 bits per heavy atom. The molecular weight excluding hydrogens is 560 g/mol. The first-order valence-electron chi connectivity index (χ1n) is 22.8. The quantitative estimate of drug-likeness (QED) is 0.188. The third-order valence-corrected chi connectivity index (χ3v) is 8.26. The highest BCUT2D eigenvalue weighted by Gasteiger charge is 2.20. The fraction of sp³-hybridized carbons (Fsp3) is 0. The van der Waals surface area contributed by atoms with Crippen molar-refractivity contribution in [3.8, 4) is 33.4 Å². The molecule has 2 nitrogen and oxygen atoms in total. The second kappa shape index (κ2) is 9.69. The summed E-state index contributed by atoms with van der Waals surface area (Å²) in [6.45, 7) is 0. The second-order valence-corrected chi connectivity index (χ2v) is 10.7. The van der Waals surface area contributed by atoms with Gasteiger partial charge in [0.25, 0.3) is 0 Å². The van der Waals surface area contributed by atoms with Crippen LogP contribution < -0.4 is 0 Å². The maximum atomic E-state index is 9.35. The summed E-state index contributed by atoms with van der Waals surface area (Å²) in [6, 6.07) is 3.11. The number of benzene rings is 8. The fourth-order valence-corrected chi connectivity index (χ4v) is 6.34. The molecule has 2 heterocycles. The molecular formula is C44H26O2. The van der Waals surface area contributed by atoms with Crippen LogP contribution in [-0.4, -0.2) is 0 Å². The highest BCUT2D eigenvalue weighted by molar-refractivity contribution is 6.27. The average molecular weight is 604 g/mol. The fourth-order valence-electron chi connectivity index (χ4n) is 6.34. The highest BCUT2D eigenvalue weighted by Crippen LogP contribution is 2.46. The van der Waals surface area contributed by atoms with Crippen LogP contribution in [0, 0.1) is 0 Å². The third kappa shape index (κ3) is 3.65. The Balaban J connectivity index is 1.38. The Kier molecular flexibility index (Phi) is 2.93. The van der Waals surface area contributed by atoms with Crippen molar-refractivity contribution in [3.63, 3.8) is 0 Å². The molecule has 8 aromatic carbocycles. The van der Waals surface area contributed by atoms with Crippen LogP contribution in [0.2, 0.25) is 0 Å². The van der Waals surface area contributed by atoms with Crippen molar-refractivity contribution >= 4 is 65.4 Å². The molecule has 0 amide bonds. The monoisotopic (exact) mass is 603 g/mol. The van der Waals surface area contributed by atoms with Gasteiger partial charge in [-0.2, -0.15) is 0 Å². The molecule has 214 valence electrons. The van der Waals surface area contributed by atoms with E-state index < -0.39 is 125 Å². The minimum Gasteiger partial charge on any atom is -0.456 e. The van der Waals surface area contributed by atoms with E-state index in [1.807, 2.05) is 24.3 Å². The molecule has 2 heteroatoms. The lowest BCUT2D eigenvalue weighted by Crippen LogP contribution is -1.91. The topological polar surface area (TPSA) is 26.3 Å². The zero-order valence-electron chi connectivity index (χ0n) is 40.5. The molecule has 0 aliphatic heterocycles. The summed E-state index contributed by atoms with van der Waals surface area (Å²) < 4.78 is 163. The molecule has 0 saturated carbocycles. The van der Waals surface area contributed by atoms with Crippen LogP contribution in [-0.2, 0) is 0 Å². The van der Waals surface area contributed by atoms with Gasteiger partial charge in [0.15, 0.2) is 0 Å². The van der Waals surface area contributed by atoms with Crippen LogP contribution >= 0.6 is 0 Å². The SMILES string of the molecule is [2H]c1c([2H])c([2H])c(-c2c([2H])c([2H])c(-c3c4c([2H])c([2H])c([2H])c([2H])c4c(-c4ccc5c(c4)oc4ccc6oc7ccccc7c6c45)c4c([2H])c([2H])c([2H])c([2H])c34)c([2H])c2[2H])c([2H])c1[2H]. The van der Waals surface area contributed by atoms with Crippen LogP contribution in [0.5, 0.6) is 0 Å². The summed E-state index contributed by atoms with van der Waals surface area (Å²) in [7, 11) is 0. The molecule has 10 aromatic rings. The van der Waals surface area contributed by atoms with Crippen LogP contribution in [0.3, 0.4) is 0 Å². The first kappa shape index (κ1) is 13.9. The summed E-state index contributed by atoms with van der Waals surface area (Å²) >= 11 is 0. The summed E-state index contributed by atoms with van der Waals surface area (Å²) in [5, 5.41) is 1.79. The smallest absolute Gasteiger partial charge is 0.136 e. The van der Waals surface area contributed by atoms with Crippen molar-refractivity contribution in [3.05, 3.63) is 157 Å². The zero-order chi connectivity index (χ0) is 45.0. The minimum absolute atomic E-state index is 0.0463. The van der Waals surface area contributed by atoms with Crippen LogP contribution in [0.1, 0.15) is 23.3 Å². The van der Waals surface area contributed by atoms with Crippen LogP contribution in [0.15, 0.2) is 166 Å². The maximum Gasteiger partial charge on any atom is 0.136 e. The van der Waals surface area contributed by atoms with Gasteiger partial charge < -0.3 is 8.83 Å². The molecule has 0 atom stereocenters. The number of hydrogen-bond donors (Lipinski definition) is 0. The Labute approximate surface area is 288 Å². The number of hydrogen-bond acceptors (Lipinski definition) is 2. The number of rotatable bonds is 3. The van der Waals surface area contributed by atoms with E-state index in [9.17, 15) is 8.22 Å². The summed E-state index contributed by atoms with van der Waals surface area (Å²) in [5.41, 5.74) is -0.0180.